The predicted molar refractivity (Wildman–Crippen MR) is 67.0 cm³/mol. The van der Waals surface area contributed by atoms with Crippen molar-refractivity contribution in [2.24, 2.45) is 5.73 Å². The predicted octanol–water partition coefficient (Wildman–Crippen LogP) is 0.832. The first kappa shape index (κ1) is 14.7. The summed E-state index contributed by atoms with van der Waals surface area (Å²) in [5.74, 6) is 0.627. The normalized spacial score (nSPS) is 14.3. The lowest BCUT2D eigenvalue weighted by Gasteiger charge is -2.16. The lowest BCUT2D eigenvalue weighted by Crippen LogP contribution is -2.33. The van der Waals surface area contributed by atoms with Crippen LogP contribution in [0.3, 0.4) is 0 Å². The molecule has 0 aliphatic carbocycles. The second kappa shape index (κ2) is 6.51. The van der Waals surface area contributed by atoms with E-state index >= 15 is 0 Å². The first-order valence-corrected chi connectivity index (χ1v) is 5.94. The second-order valence-electron chi connectivity index (χ2n) is 4.32. The molecule has 18 heavy (non-hydrogen) atoms. The van der Waals surface area contributed by atoms with Crippen LogP contribution in [0.15, 0.2) is 4.52 Å². The summed E-state index contributed by atoms with van der Waals surface area (Å²) in [6.07, 6.45) is 0.00244. The van der Waals surface area contributed by atoms with Gasteiger partial charge in [-0.15, -0.1) is 0 Å². The third-order valence-corrected chi connectivity index (χ3v) is 2.91. The summed E-state index contributed by atoms with van der Waals surface area (Å²) in [4.78, 5) is 11.8. The molecule has 0 saturated carbocycles. The summed E-state index contributed by atoms with van der Waals surface area (Å²) in [5.41, 5.74) is 7.19. The zero-order chi connectivity index (χ0) is 13.7. The molecule has 1 amide bonds. The molecule has 102 valence electrons. The summed E-state index contributed by atoms with van der Waals surface area (Å²) >= 11 is 0. The van der Waals surface area contributed by atoms with Gasteiger partial charge in [-0.05, 0) is 20.8 Å². The number of methoxy groups -OCH3 is 1. The quantitative estimate of drug-likeness (QED) is 0.785. The van der Waals surface area contributed by atoms with Crippen LogP contribution >= 0.6 is 0 Å². The zero-order valence-electron chi connectivity index (χ0n) is 11.3. The molecular weight excluding hydrogens is 234 g/mol. The van der Waals surface area contributed by atoms with E-state index in [1.165, 1.54) is 0 Å². The highest BCUT2D eigenvalue weighted by Gasteiger charge is 2.19. The molecule has 2 atom stereocenters. The molecule has 0 saturated heterocycles. The maximum absolute atomic E-state index is 11.8. The van der Waals surface area contributed by atoms with Gasteiger partial charge in [0, 0.05) is 19.2 Å². The lowest BCUT2D eigenvalue weighted by molar-refractivity contribution is -0.124. The van der Waals surface area contributed by atoms with Crippen LogP contribution in [0.1, 0.15) is 36.4 Å². The number of nitrogens with one attached hydrogen (secondary N) is 1. The number of aryl methyl sites for hydroxylation is 2. The Labute approximate surface area is 107 Å². The van der Waals surface area contributed by atoms with E-state index in [1.54, 1.807) is 7.11 Å². The third kappa shape index (κ3) is 3.54. The molecule has 0 radical (unpaired) electrons. The fraction of sp³-hybridized carbons (Fsp3) is 0.667. The Balaban J connectivity index is 2.60. The molecule has 1 rings (SSSR count). The van der Waals surface area contributed by atoms with Crippen molar-refractivity contribution in [1.29, 1.82) is 0 Å². The van der Waals surface area contributed by atoms with Crippen molar-refractivity contribution in [2.45, 2.75) is 39.3 Å². The number of carbonyl (C=O) groups excluding carboxylic acids is 1. The number of rotatable bonds is 6. The van der Waals surface area contributed by atoms with Crippen molar-refractivity contribution in [2.75, 3.05) is 13.7 Å². The van der Waals surface area contributed by atoms with Crippen molar-refractivity contribution in [3.63, 3.8) is 0 Å². The molecule has 0 spiro atoms. The summed E-state index contributed by atoms with van der Waals surface area (Å²) in [6, 6.07) is -0.140. The Bertz CT molecular complexity index is 380. The third-order valence-electron chi connectivity index (χ3n) is 2.91. The van der Waals surface area contributed by atoms with Crippen molar-refractivity contribution in [1.82, 2.24) is 10.5 Å². The molecule has 0 aromatic carbocycles. The number of carbonyl (C=O) groups is 1. The minimum Gasteiger partial charge on any atom is -0.380 e. The van der Waals surface area contributed by atoms with Crippen LogP contribution in [0.4, 0.5) is 0 Å². The van der Waals surface area contributed by atoms with Gasteiger partial charge >= 0.3 is 0 Å². The van der Waals surface area contributed by atoms with Gasteiger partial charge in [0.05, 0.1) is 24.3 Å². The van der Waals surface area contributed by atoms with E-state index in [2.05, 4.69) is 10.5 Å². The molecule has 3 N–H and O–H groups in total. The van der Waals surface area contributed by atoms with Crippen molar-refractivity contribution in [3.05, 3.63) is 17.0 Å². The highest BCUT2D eigenvalue weighted by atomic mass is 16.5. The molecule has 1 heterocycles. The number of amides is 1. The summed E-state index contributed by atoms with van der Waals surface area (Å²) in [5, 5.41) is 6.76. The monoisotopic (exact) mass is 255 g/mol. The van der Waals surface area contributed by atoms with Crippen LogP contribution in [-0.2, 0) is 9.53 Å². The number of hydrogen-bond acceptors (Lipinski definition) is 5. The van der Waals surface area contributed by atoms with E-state index in [1.807, 2.05) is 20.8 Å². The molecule has 6 heteroatoms. The molecule has 2 unspecified atom stereocenters. The number of ether oxygens (including phenoxy) is 1. The van der Waals surface area contributed by atoms with Gasteiger partial charge in [0.1, 0.15) is 5.76 Å². The van der Waals surface area contributed by atoms with E-state index in [0.717, 1.165) is 17.0 Å². The maximum atomic E-state index is 11.8. The Hall–Kier alpha value is -1.40. The van der Waals surface area contributed by atoms with E-state index in [0.29, 0.717) is 6.54 Å². The standard InChI is InChI=1S/C12H21N3O3/c1-7(12-8(2)15-18-9(12)3)14-11(16)5-10(6-13)17-4/h7,10H,5-6,13H2,1-4H3,(H,14,16). The second-order valence-corrected chi connectivity index (χ2v) is 4.32. The maximum Gasteiger partial charge on any atom is 0.223 e. The molecule has 0 aliphatic rings. The molecule has 0 bridgehead atoms. The van der Waals surface area contributed by atoms with Gasteiger partial charge in [-0.3, -0.25) is 4.79 Å². The van der Waals surface area contributed by atoms with Crippen LogP contribution in [0.25, 0.3) is 0 Å². The molecule has 0 fully saturated rings. The zero-order valence-corrected chi connectivity index (χ0v) is 11.3. The Kier molecular flexibility index (Phi) is 5.30. The van der Waals surface area contributed by atoms with Gasteiger partial charge in [-0.2, -0.15) is 0 Å². The average Bonchev–Trinajstić information content (AvgIpc) is 2.65. The van der Waals surface area contributed by atoms with Crippen LogP contribution < -0.4 is 11.1 Å². The molecule has 0 aliphatic heterocycles. The minimum atomic E-state index is -0.248. The molecule has 1 aromatic heterocycles. The summed E-state index contributed by atoms with van der Waals surface area (Å²) < 4.78 is 10.1. The molecular formula is C12H21N3O3. The van der Waals surface area contributed by atoms with E-state index in [9.17, 15) is 4.79 Å². The number of nitrogens with zero attached hydrogens (tertiary/aromatic N) is 1. The van der Waals surface area contributed by atoms with Crippen LogP contribution in [0.2, 0.25) is 0 Å². The van der Waals surface area contributed by atoms with Crippen LogP contribution in [0.5, 0.6) is 0 Å². The van der Waals surface area contributed by atoms with Gasteiger partial charge in [0.2, 0.25) is 5.91 Å². The smallest absolute Gasteiger partial charge is 0.223 e. The van der Waals surface area contributed by atoms with Crippen LogP contribution in [0, 0.1) is 13.8 Å². The fourth-order valence-corrected chi connectivity index (χ4v) is 1.95. The first-order valence-electron chi connectivity index (χ1n) is 5.94. The van der Waals surface area contributed by atoms with Gasteiger partial charge in [0.25, 0.3) is 0 Å². The topological polar surface area (TPSA) is 90.4 Å². The van der Waals surface area contributed by atoms with Crippen molar-refractivity contribution < 1.29 is 14.1 Å². The Morgan fingerprint density at radius 2 is 2.22 bits per heavy atom. The highest BCUT2D eigenvalue weighted by Crippen LogP contribution is 2.20. The largest absolute Gasteiger partial charge is 0.380 e. The van der Waals surface area contributed by atoms with Crippen molar-refractivity contribution >= 4 is 5.91 Å². The number of hydrogen-bond donors (Lipinski definition) is 2. The van der Waals surface area contributed by atoms with Gasteiger partial charge in [-0.1, -0.05) is 5.16 Å². The van der Waals surface area contributed by atoms with Gasteiger partial charge < -0.3 is 20.3 Å². The summed E-state index contributed by atoms with van der Waals surface area (Å²) in [6.45, 7) is 5.90. The average molecular weight is 255 g/mol. The minimum absolute atomic E-state index is 0.0974. The van der Waals surface area contributed by atoms with E-state index in [-0.39, 0.29) is 24.5 Å². The fourth-order valence-electron chi connectivity index (χ4n) is 1.95. The number of aromatic nitrogens is 1. The molecule has 1 aromatic rings. The van der Waals surface area contributed by atoms with Crippen LogP contribution in [-0.4, -0.2) is 30.8 Å². The SMILES string of the molecule is COC(CN)CC(=O)NC(C)c1c(C)noc1C. The lowest BCUT2D eigenvalue weighted by atomic mass is 10.1. The van der Waals surface area contributed by atoms with Crippen molar-refractivity contribution in [3.8, 4) is 0 Å². The number of nitrogens with two attached hydrogens (primary N) is 1. The highest BCUT2D eigenvalue weighted by molar-refractivity contribution is 5.77. The Morgan fingerprint density at radius 3 is 2.67 bits per heavy atom. The van der Waals surface area contributed by atoms with Gasteiger partial charge in [-0.25, -0.2) is 0 Å². The molecule has 6 nitrogen and oxygen atoms in total. The first-order chi connectivity index (χ1) is 8.49. The Morgan fingerprint density at radius 1 is 1.56 bits per heavy atom. The van der Waals surface area contributed by atoms with E-state index < -0.39 is 0 Å². The summed E-state index contributed by atoms with van der Waals surface area (Å²) in [7, 11) is 1.54. The van der Waals surface area contributed by atoms with E-state index in [4.69, 9.17) is 15.0 Å². The van der Waals surface area contributed by atoms with Gasteiger partial charge in [0.15, 0.2) is 0 Å².